The van der Waals surface area contributed by atoms with E-state index in [9.17, 15) is 14.0 Å². The summed E-state index contributed by atoms with van der Waals surface area (Å²) in [6.45, 7) is -0.336. The number of hydrogen-bond donors (Lipinski definition) is 2. The van der Waals surface area contributed by atoms with E-state index in [1.807, 2.05) is 5.43 Å². The van der Waals surface area contributed by atoms with E-state index in [0.29, 0.717) is 11.3 Å². The molecule has 0 atom stereocenters. The second-order valence-corrected chi connectivity index (χ2v) is 4.21. The van der Waals surface area contributed by atoms with Crippen LogP contribution in [0.2, 0.25) is 0 Å². The van der Waals surface area contributed by atoms with E-state index < -0.39 is 17.3 Å². The first-order valence-corrected chi connectivity index (χ1v) is 5.96. The molecular weight excluding hydrogens is 275 g/mol. The Kier molecular flexibility index (Phi) is 4.11. The van der Waals surface area contributed by atoms with Gasteiger partial charge in [-0.2, -0.15) is 5.26 Å². The lowest BCUT2D eigenvalue weighted by Gasteiger charge is -2.12. The van der Waals surface area contributed by atoms with Crippen LogP contribution >= 0.6 is 0 Å². The summed E-state index contributed by atoms with van der Waals surface area (Å²) < 4.78 is 14.1. The molecule has 1 aromatic heterocycles. The third kappa shape index (κ3) is 2.96. The number of pyridine rings is 1. The Bertz CT molecular complexity index is 775. The highest BCUT2D eigenvalue weighted by molar-refractivity contribution is 5.76. The smallest absolute Gasteiger partial charge is 0.269 e. The van der Waals surface area contributed by atoms with E-state index in [4.69, 9.17) is 11.1 Å². The lowest BCUT2D eigenvalue weighted by Crippen LogP contribution is -2.37. The van der Waals surface area contributed by atoms with Crippen molar-refractivity contribution in [2.24, 2.45) is 5.84 Å². The molecule has 0 unspecified atom stereocenters. The van der Waals surface area contributed by atoms with Gasteiger partial charge in [-0.3, -0.25) is 19.6 Å². The molecule has 0 aliphatic carbocycles. The minimum atomic E-state index is -0.608. The molecule has 6 nitrogen and oxygen atoms in total. The fourth-order valence-corrected chi connectivity index (χ4v) is 1.88. The van der Waals surface area contributed by atoms with Crippen LogP contribution in [-0.4, -0.2) is 10.5 Å². The van der Waals surface area contributed by atoms with Crippen molar-refractivity contribution in [3.63, 3.8) is 0 Å². The van der Waals surface area contributed by atoms with Crippen molar-refractivity contribution >= 4 is 5.91 Å². The molecule has 106 valence electrons. The van der Waals surface area contributed by atoms with Gasteiger partial charge in [0, 0.05) is 0 Å². The Hall–Kier alpha value is -2.98. The van der Waals surface area contributed by atoms with Crippen molar-refractivity contribution in [3.05, 3.63) is 58.1 Å². The number of rotatable bonds is 3. The molecule has 7 heteroatoms. The molecule has 1 aromatic carbocycles. The molecule has 0 saturated heterocycles. The van der Waals surface area contributed by atoms with E-state index >= 15 is 0 Å². The summed E-state index contributed by atoms with van der Waals surface area (Å²) in [6.07, 6.45) is 0. The maximum Gasteiger partial charge on any atom is 0.269 e. The van der Waals surface area contributed by atoms with Crippen molar-refractivity contribution in [2.45, 2.75) is 6.54 Å². The van der Waals surface area contributed by atoms with Gasteiger partial charge in [0.2, 0.25) is 0 Å². The van der Waals surface area contributed by atoms with Crippen LogP contribution in [0.4, 0.5) is 4.39 Å². The van der Waals surface area contributed by atoms with Crippen LogP contribution in [-0.2, 0) is 11.3 Å². The summed E-state index contributed by atoms with van der Waals surface area (Å²) in [6, 6.07) is 10.1. The molecule has 0 saturated carbocycles. The van der Waals surface area contributed by atoms with Gasteiger partial charge in [0.05, 0.1) is 5.69 Å². The quantitative estimate of drug-likeness (QED) is 0.488. The van der Waals surface area contributed by atoms with Gasteiger partial charge in [0.1, 0.15) is 24.0 Å². The largest absolute Gasteiger partial charge is 0.298 e. The maximum atomic E-state index is 13.0. The molecule has 0 aliphatic heterocycles. The van der Waals surface area contributed by atoms with Crippen LogP contribution < -0.4 is 16.8 Å². The predicted octanol–water partition coefficient (Wildman–Crippen LogP) is 0.516. The molecule has 0 radical (unpaired) electrons. The van der Waals surface area contributed by atoms with Gasteiger partial charge < -0.3 is 0 Å². The molecule has 3 N–H and O–H groups in total. The average Bonchev–Trinajstić information content (AvgIpc) is 2.50. The molecule has 2 rings (SSSR count). The highest BCUT2D eigenvalue weighted by Crippen LogP contribution is 2.18. The van der Waals surface area contributed by atoms with Gasteiger partial charge in [-0.15, -0.1) is 0 Å². The molecule has 0 aliphatic rings. The second kappa shape index (κ2) is 5.98. The number of halogens is 1. The Balaban J connectivity index is 2.62. The zero-order chi connectivity index (χ0) is 15.4. The lowest BCUT2D eigenvalue weighted by molar-refractivity contribution is -0.121. The van der Waals surface area contributed by atoms with Crippen molar-refractivity contribution < 1.29 is 9.18 Å². The molecule has 1 amide bonds. The topological polar surface area (TPSA) is 101 Å². The minimum absolute atomic E-state index is 0.0920. The average molecular weight is 286 g/mol. The first kappa shape index (κ1) is 14.4. The van der Waals surface area contributed by atoms with E-state index in [0.717, 1.165) is 4.57 Å². The van der Waals surface area contributed by atoms with E-state index in [2.05, 4.69) is 0 Å². The predicted molar refractivity (Wildman–Crippen MR) is 73.1 cm³/mol. The van der Waals surface area contributed by atoms with Gasteiger partial charge in [0.15, 0.2) is 0 Å². The zero-order valence-electron chi connectivity index (χ0n) is 10.8. The number of amides is 1. The summed E-state index contributed by atoms with van der Waals surface area (Å²) in [5.74, 6) is 4.02. The molecule has 2 aromatic rings. The second-order valence-electron chi connectivity index (χ2n) is 4.21. The highest BCUT2D eigenvalue weighted by Gasteiger charge is 2.13. The summed E-state index contributed by atoms with van der Waals surface area (Å²) >= 11 is 0. The molecule has 1 heterocycles. The van der Waals surface area contributed by atoms with Crippen molar-refractivity contribution in [1.82, 2.24) is 9.99 Å². The standard InChI is InChI=1S/C14H11FN4O2/c15-11-4-1-9(2-5-11)12-6-3-10(7-16)14(21)19(12)8-13(20)18-17/h1-6H,8,17H2,(H,18,20). The van der Waals surface area contributed by atoms with Gasteiger partial charge in [-0.05, 0) is 42.0 Å². The van der Waals surface area contributed by atoms with Gasteiger partial charge >= 0.3 is 0 Å². The third-order valence-electron chi connectivity index (χ3n) is 2.90. The Morgan fingerprint density at radius 2 is 1.95 bits per heavy atom. The van der Waals surface area contributed by atoms with Crippen LogP contribution in [0.15, 0.2) is 41.2 Å². The number of carbonyl (C=O) groups is 1. The van der Waals surface area contributed by atoms with Gasteiger partial charge in [-0.25, -0.2) is 10.2 Å². The first-order valence-electron chi connectivity index (χ1n) is 5.96. The third-order valence-corrected chi connectivity index (χ3v) is 2.90. The van der Waals surface area contributed by atoms with Crippen LogP contribution in [0.5, 0.6) is 0 Å². The lowest BCUT2D eigenvalue weighted by atomic mass is 10.1. The molecule has 0 spiro atoms. The minimum Gasteiger partial charge on any atom is -0.298 e. The van der Waals surface area contributed by atoms with E-state index in [-0.39, 0.29) is 12.1 Å². The number of nitriles is 1. The number of nitrogens with one attached hydrogen (secondary N) is 1. The zero-order valence-corrected chi connectivity index (χ0v) is 10.8. The number of aromatic nitrogens is 1. The number of nitrogens with two attached hydrogens (primary N) is 1. The highest BCUT2D eigenvalue weighted by atomic mass is 19.1. The fourth-order valence-electron chi connectivity index (χ4n) is 1.88. The van der Waals surface area contributed by atoms with Crippen LogP contribution in [0.1, 0.15) is 5.56 Å². The van der Waals surface area contributed by atoms with Crippen LogP contribution in [0, 0.1) is 17.1 Å². The summed E-state index contributed by atoms with van der Waals surface area (Å²) in [5, 5.41) is 8.89. The summed E-state index contributed by atoms with van der Waals surface area (Å²) in [4.78, 5) is 23.6. The first-order chi connectivity index (χ1) is 10.1. The number of hydrazine groups is 1. The maximum absolute atomic E-state index is 13.0. The van der Waals surface area contributed by atoms with Gasteiger partial charge in [0.25, 0.3) is 11.5 Å². The monoisotopic (exact) mass is 286 g/mol. The Labute approximate surface area is 119 Å². The molecule has 21 heavy (non-hydrogen) atoms. The van der Waals surface area contributed by atoms with Crippen molar-refractivity contribution in [2.75, 3.05) is 0 Å². The number of benzene rings is 1. The summed E-state index contributed by atoms with van der Waals surface area (Å²) in [7, 11) is 0. The normalized spacial score (nSPS) is 9.95. The molecule has 0 fully saturated rings. The van der Waals surface area contributed by atoms with Gasteiger partial charge in [-0.1, -0.05) is 0 Å². The van der Waals surface area contributed by atoms with E-state index in [1.165, 1.54) is 36.4 Å². The summed E-state index contributed by atoms with van der Waals surface area (Å²) in [5.41, 5.74) is 2.16. The number of nitrogens with zero attached hydrogens (tertiary/aromatic N) is 2. The van der Waals surface area contributed by atoms with Crippen LogP contribution in [0.25, 0.3) is 11.3 Å². The molecular formula is C14H11FN4O2. The SMILES string of the molecule is N#Cc1ccc(-c2ccc(F)cc2)n(CC(=O)NN)c1=O. The Morgan fingerprint density at radius 1 is 1.29 bits per heavy atom. The Morgan fingerprint density at radius 3 is 2.52 bits per heavy atom. The number of hydrogen-bond acceptors (Lipinski definition) is 4. The van der Waals surface area contributed by atoms with Crippen molar-refractivity contribution in [3.8, 4) is 17.3 Å². The van der Waals surface area contributed by atoms with Crippen molar-refractivity contribution in [1.29, 1.82) is 5.26 Å². The van der Waals surface area contributed by atoms with Crippen LogP contribution in [0.3, 0.4) is 0 Å². The van der Waals surface area contributed by atoms with E-state index in [1.54, 1.807) is 6.07 Å². The molecule has 0 bridgehead atoms. The fraction of sp³-hybridized carbons (Fsp3) is 0.0714. The number of carbonyl (C=O) groups excluding carboxylic acids is 1.